The maximum atomic E-state index is 9.78. The fourth-order valence-corrected chi connectivity index (χ4v) is 4.44. The highest BCUT2D eigenvalue weighted by Crippen LogP contribution is 2.41. The van der Waals surface area contributed by atoms with Crippen molar-refractivity contribution in [3.63, 3.8) is 0 Å². The number of fused-ring (bicyclic) bond motifs is 1. The Kier molecular flexibility index (Phi) is 3.90. The SMILES string of the molecule is Cc1cc(N2CCS(O)(O)CC2)ccc1-n1cnc2c(N)nc(N)nc21. The van der Waals surface area contributed by atoms with Crippen LogP contribution >= 0.6 is 10.6 Å². The van der Waals surface area contributed by atoms with Crippen LogP contribution in [0.4, 0.5) is 17.5 Å². The van der Waals surface area contributed by atoms with Crippen LogP contribution in [-0.2, 0) is 0 Å². The molecular weight excluding hydrogens is 354 g/mol. The van der Waals surface area contributed by atoms with Crippen molar-refractivity contribution >= 4 is 39.2 Å². The second kappa shape index (κ2) is 6.01. The molecule has 9 nitrogen and oxygen atoms in total. The molecule has 0 amide bonds. The van der Waals surface area contributed by atoms with Crippen LogP contribution in [0.25, 0.3) is 16.9 Å². The first-order valence-corrected chi connectivity index (χ1v) is 10.1. The van der Waals surface area contributed by atoms with Gasteiger partial charge in [0.25, 0.3) is 0 Å². The number of anilines is 3. The summed E-state index contributed by atoms with van der Waals surface area (Å²) in [5, 5.41) is 0. The van der Waals surface area contributed by atoms with Crippen molar-refractivity contribution in [2.24, 2.45) is 0 Å². The molecule has 0 unspecified atom stereocenters. The van der Waals surface area contributed by atoms with Crippen LogP contribution in [0, 0.1) is 6.92 Å². The van der Waals surface area contributed by atoms with Gasteiger partial charge < -0.3 is 16.4 Å². The van der Waals surface area contributed by atoms with Crippen molar-refractivity contribution < 1.29 is 9.11 Å². The van der Waals surface area contributed by atoms with E-state index >= 15 is 0 Å². The van der Waals surface area contributed by atoms with Crippen molar-refractivity contribution in [3.8, 4) is 5.69 Å². The third-order valence-corrected chi connectivity index (χ3v) is 6.29. The molecule has 26 heavy (non-hydrogen) atoms. The topological polar surface area (TPSA) is 139 Å². The van der Waals surface area contributed by atoms with Gasteiger partial charge in [-0.05, 0) is 30.7 Å². The first-order valence-electron chi connectivity index (χ1n) is 8.20. The summed E-state index contributed by atoms with van der Waals surface area (Å²) in [7, 11) is -2.40. The van der Waals surface area contributed by atoms with E-state index in [0.29, 0.717) is 35.8 Å². The van der Waals surface area contributed by atoms with Gasteiger partial charge in [-0.2, -0.15) is 20.6 Å². The summed E-state index contributed by atoms with van der Waals surface area (Å²) in [5.41, 5.74) is 15.7. The Labute approximate surface area is 152 Å². The summed E-state index contributed by atoms with van der Waals surface area (Å²) in [6.45, 7) is 3.28. The van der Waals surface area contributed by atoms with Gasteiger partial charge in [0.15, 0.2) is 17.0 Å². The summed E-state index contributed by atoms with van der Waals surface area (Å²) < 4.78 is 21.4. The summed E-state index contributed by atoms with van der Waals surface area (Å²) in [6.07, 6.45) is 1.66. The molecule has 3 aromatic rings. The first-order chi connectivity index (χ1) is 12.3. The van der Waals surface area contributed by atoms with Crippen LogP contribution in [0.2, 0.25) is 0 Å². The number of aryl methyl sites for hydroxylation is 1. The lowest BCUT2D eigenvalue weighted by molar-refractivity contribution is 0.479. The summed E-state index contributed by atoms with van der Waals surface area (Å²) >= 11 is 0. The fourth-order valence-electron chi connectivity index (χ4n) is 3.21. The maximum Gasteiger partial charge on any atom is 0.224 e. The van der Waals surface area contributed by atoms with Gasteiger partial charge in [-0.3, -0.25) is 13.7 Å². The number of hydrogen-bond donors (Lipinski definition) is 4. The molecular formula is C16H21N7O2S. The number of nitrogen functional groups attached to an aromatic ring is 2. The number of nitrogens with two attached hydrogens (primary N) is 2. The number of aromatic nitrogens is 4. The number of benzene rings is 1. The number of rotatable bonds is 2. The molecule has 1 aliphatic heterocycles. The van der Waals surface area contributed by atoms with E-state index in [-0.39, 0.29) is 11.8 Å². The van der Waals surface area contributed by atoms with E-state index in [1.54, 1.807) is 6.33 Å². The average molecular weight is 375 g/mol. The molecule has 10 heteroatoms. The van der Waals surface area contributed by atoms with Crippen molar-refractivity contribution in [1.29, 1.82) is 0 Å². The minimum atomic E-state index is -2.40. The molecule has 2 aromatic heterocycles. The lowest BCUT2D eigenvalue weighted by Crippen LogP contribution is -2.38. The smallest absolute Gasteiger partial charge is 0.224 e. The van der Waals surface area contributed by atoms with Gasteiger partial charge in [0, 0.05) is 18.8 Å². The van der Waals surface area contributed by atoms with Crippen LogP contribution in [-0.4, -0.2) is 53.2 Å². The highest BCUT2D eigenvalue weighted by Gasteiger charge is 2.23. The van der Waals surface area contributed by atoms with Crippen molar-refractivity contribution in [2.75, 3.05) is 41.0 Å². The number of imidazole rings is 1. The molecule has 1 fully saturated rings. The molecule has 0 spiro atoms. The predicted octanol–water partition coefficient (Wildman–Crippen LogP) is 1.86. The van der Waals surface area contributed by atoms with E-state index in [9.17, 15) is 9.11 Å². The van der Waals surface area contributed by atoms with Gasteiger partial charge in [0.2, 0.25) is 5.95 Å². The van der Waals surface area contributed by atoms with Gasteiger partial charge in [0.1, 0.15) is 6.33 Å². The zero-order valence-electron chi connectivity index (χ0n) is 14.3. The summed E-state index contributed by atoms with van der Waals surface area (Å²) in [5.74, 6) is 1.19. The summed E-state index contributed by atoms with van der Waals surface area (Å²) in [4.78, 5) is 14.7. The van der Waals surface area contributed by atoms with E-state index in [1.165, 1.54) is 0 Å². The number of nitrogens with zero attached hydrogens (tertiary/aromatic N) is 5. The van der Waals surface area contributed by atoms with Crippen LogP contribution < -0.4 is 16.4 Å². The summed E-state index contributed by atoms with van der Waals surface area (Å²) in [6, 6.07) is 6.08. The molecule has 0 bridgehead atoms. The number of hydrogen-bond acceptors (Lipinski definition) is 8. The van der Waals surface area contributed by atoms with Crippen molar-refractivity contribution in [1.82, 2.24) is 19.5 Å². The monoisotopic (exact) mass is 375 g/mol. The van der Waals surface area contributed by atoms with E-state index in [1.807, 2.05) is 23.6 Å². The molecule has 0 radical (unpaired) electrons. The molecule has 1 aromatic carbocycles. The van der Waals surface area contributed by atoms with E-state index in [4.69, 9.17) is 11.5 Å². The van der Waals surface area contributed by atoms with Gasteiger partial charge in [0.05, 0.1) is 17.2 Å². The third kappa shape index (κ3) is 2.91. The molecule has 3 heterocycles. The zero-order valence-corrected chi connectivity index (χ0v) is 15.1. The Morgan fingerprint density at radius 1 is 1.12 bits per heavy atom. The van der Waals surface area contributed by atoms with Crippen LogP contribution in [0.15, 0.2) is 24.5 Å². The Hall–Kier alpha value is -2.56. The minimum absolute atomic E-state index is 0.110. The van der Waals surface area contributed by atoms with Crippen LogP contribution in [0.3, 0.4) is 0 Å². The Bertz CT molecular complexity index is 978. The van der Waals surface area contributed by atoms with E-state index in [0.717, 1.165) is 16.9 Å². The molecule has 138 valence electrons. The Morgan fingerprint density at radius 3 is 2.54 bits per heavy atom. The van der Waals surface area contributed by atoms with Crippen LogP contribution in [0.5, 0.6) is 0 Å². The van der Waals surface area contributed by atoms with E-state index < -0.39 is 10.6 Å². The molecule has 0 aliphatic carbocycles. The van der Waals surface area contributed by atoms with Gasteiger partial charge in [-0.1, -0.05) is 0 Å². The second-order valence-corrected chi connectivity index (χ2v) is 8.84. The lowest BCUT2D eigenvalue weighted by Gasteiger charge is -2.42. The maximum absolute atomic E-state index is 9.78. The average Bonchev–Trinajstić information content (AvgIpc) is 2.98. The predicted molar refractivity (Wildman–Crippen MR) is 105 cm³/mol. The Balaban J connectivity index is 1.69. The molecule has 0 atom stereocenters. The quantitative estimate of drug-likeness (QED) is 0.532. The van der Waals surface area contributed by atoms with Gasteiger partial charge >= 0.3 is 0 Å². The molecule has 1 saturated heterocycles. The molecule has 1 aliphatic rings. The zero-order chi connectivity index (χ0) is 18.5. The highest BCUT2D eigenvalue weighted by atomic mass is 32.3. The third-order valence-electron chi connectivity index (χ3n) is 4.62. The fraction of sp³-hybridized carbons (Fsp3) is 0.312. The largest absolute Gasteiger partial charge is 0.382 e. The van der Waals surface area contributed by atoms with Crippen LogP contribution in [0.1, 0.15) is 5.56 Å². The van der Waals surface area contributed by atoms with Crippen molar-refractivity contribution in [2.45, 2.75) is 6.92 Å². The normalized spacial score (nSPS) is 18.2. The molecule has 0 saturated carbocycles. The van der Waals surface area contributed by atoms with E-state index in [2.05, 4.69) is 25.9 Å². The molecule has 6 N–H and O–H groups in total. The lowest BCUT2D eigenvalue weighted by atomic mass is 10.1. The van der Waals surface area contributed by atoms with Gasteiger partial charge in [-0.15, -0.1) is 0 Å². The Morgan fingerprint density at radius 2 is 1.85 bits per heavy atom. The standard InChI is InChI=1S/C16H21N7O2S/c1-10-8-11(22-4-6-26(24,25)7-5-22)2-3-12(10)23-9-19-13-14(17)20-16(18)21-15(13)23/h2-3,8-9,24-25H,4-7H2,1H3,(H4,17,18,20,21). The highest BCUT2D eigenvalue weighted by molar-refractivity contribution is 8.24. The first kappa shape index (κ1) is 16.9. The second-order valence-electron chi connectivity index (χ2n) is 6.42. The van der Waals surface area contributed by atoms with Crippen molar-refractivity contribution in [3.05, 3.63) is 30.1 Å². The minimum Gasteiger partial charge on any atom is -0.382 e. The van der Waals surface area contributed by atoms with Gasteiger partial charge in [-0.25, -0.2) is 4.98 Å². The molecule has 4 rings (SSSR count).